The molecule has 1 N–H and O–H groups in total. The van der Waals surface area contributed by atoms with Gasteiger partial charge in [-0.15, -0.1) is 11.3 Å². The summed E-state index contributed by atoms with van der Waals surface area (Å²) in [5, 5.41) is 2.80. The fourth-order valence-electron chi connectivity index (χ4n) is 3.15. The number of imidazole rings is 1. The zero-order chi connectivity index (χ0) is 19.3. The number of thiophene rings is 1. The molecular formula is C20H21FN4OS2. The second-order valence-electron chi connectivity index (χ2n) is 6.63. The lowest BCUT2D eigenvalue weighted by atomic mass is 10.2. The molecule has 0 saturated carbocycles. The van der Waals surface area contributed by atoms with Gasteiger partial charge in [-0.2, -0.15) is 0 Å². The van der Waals surface area contributed by atoms with Gasteiger partial charge in [-0.25, -0.2) is 9.37 Å². The maximum atomic E-state index is 13.0. The molecule has 4 rings (SSSR count). The Kier molecular flexibility index (Phi) is 6.09. The highest BCUT2D eigenvalue weighted by Gasteiger charge is 2.21. The molecule has 1 saturated heterocycles. The van der Waals surface area contributed by atoms with Crippen molar-refractivity contribution in [2.45, 2.75) is 11.7 Å². The van der Waals surface area contributed by atoms with Gasteiger partial charge in [0.25, 0.3) is 0 Å². The second kappa shape index (κ2) is 8.89. The molecule has 1 aromatic carbocycles. The van der Waals surface area contributed by atoms with Crippen LogP contribution in [-0.4, -0.2) is 57.6 Å². The maximum absolute atomic E-state index is 13.0. The Morgan fingerprint density at radius 2 is 1.96 bits per heavy atom. The van der Waals surface area contributed by atoms with Crippen molar-refractivity contribution in [2.24, 2.45) is 0 Å². The molecule has 8 heteroatoms. The van der Waals surface area contributed by atoms with Crippen LogP contribution in [0, 0.1) is 5.82 Å². The highest BCUT2D eigenvalue weighted by molar-refractivity contribution is 7.99. The molecule has 0 unspecified atom stereocenters. The summed E-state index contributed by atoms with van der Waals surface area (Å²) < 4.78 is 13.0. The third-order valence-electron chi connectivity index (χ3n) is 4.72. The van der Waals surface area contributed by atoms with Gasteiger partial charge in [0.2, 0.25) is 5.91 Å². The van der Waals surface area contributed by atoms with Crippen LogP contribution in [0.2, 0.25) is 0 Å². The van der Waals surface area contributed by atoms with E-state index in [4.69, 9.17) is 0 Å². The van der Waals surface area contributed by atoms with Crippen molar-refractivity contribution in [3.63, 3.8) is 0 Å². The van der Waals surface area contributed by atoms with Crippen molar-refractivity contribution >= 4 is 29.0 Å². The summed E-state index contributed by atoms with van der Waals surface area (Å²) in [4.78, 5) is 25.7. The smallest absolute Gasteiger partial charge is 0.233 e. The van der Waals surface area contributed by atoms with Gasteiger partial charge in [0.05, 0.1) is 17.6 Å². The molecule has 1 aliphatic heterocycles. The number of rotatable bonds is 6. The summed E-state index contributed by atoms with van der Waals surface area (Å²) in [5.41, 5.74) is 1.69. The molecule has 0 atom stereocenters. The number of hydrogen-bond donors (Lipinski definition) is 1. The number of aromatic amines is 1. The summed E-state index contributed by atoms with van der Waals surface area (Å²) >= 11 is 3.18. The molecule has 1 aliphatic rings. The molecular weight excluding hydrogens is 395 g/mol. The van der Waals surface area contributed by atoms with Crippen LogP contribution < -0.4 is 0 Å². The van der Waals surface area contributed by atoms with E-state index in [9.17, 15) is 9.18 Å². The normalized spacial score (nSPS) is 15.1. The van der Waals surface area contributed by atoms with Gasteiger partial charge in [-0.05, 0) is 41.3 Å². The van der Waals surface area contributed by atoms with Crippen molar-refractivity contribution < 1.29 is 9.18 Å². The van der Waals surface area contributed by atoms with Gasteiger partial charge >= 0.3 is 0 Å². The van der Waals surface area contributed by atoms with Crippen LogP contribution in [0.3, 0.4) is 0 Å². The van der Waals surface area contributed by atoms with E-state index in [1.165, 1.54) is 28.8 Å². The summed E-state index contributed by atoms with van der Waals surface area (Å²) in [5.74, 6) is 0.237. The van der Waals surface area contributed by atoms with E-state index in [0.29, 0.717) is 10.9 Å². The topological polar surface area (TPSA) is 52.2 Å². The first-order chi connectivity index (χ1) is 13.7. The van der Waals surface area contributed by atoms with E-state index >= 15 is 0 Å². The zero-order valence-electron chi connectivity index (χ0n) is 15.3. The Hall–Kier alpha value is -2.16. The molecule has 0 aliphatic carbocycles. The number of nitrogens with one attached hydrogen (secondary N) is 1. The van der Waals surface area contributed by atoms with Crippen LogP contribution in [0.4, 0.5) is 4.39 Å². The molecule has 5 nitrogen and oxygen atoms in total. The Morgan fingerprint density at radius 3 is 2.68 bits per heavy atom. The lowest BCUT2D eigenvalue weighted by Gasteiger charge is -2.34. The first kappa shape index (κ1) is 19.2. The van der Waals surface area contributed by atoms with Gasteiger partial charge in [-0.3, -0.25) is 9.69 Å². The number of thioether (sulfide) groups is 1. The third kappa shape index (κ3) is 4.81. The molecule has 146 valence electrons. The number of aromatic nitrogens is 2. The molecule has 0 radical (unpaired) electrons. The van der Waals surface area contributed by atoms with E-state index in [1.54, 1.807) is 29.7 Å². The van der Waals surface area contributed by atoms with Crippen molar-refractivity contribution in [1.82, 2.24) is 19.8 Å². The molecule has 0 spiro atoms. The van der Waals surface area contributed by atoms with Gasteiger partial charge in [0.1, 0.15) is 5.82 Å². The Bertz CT molecular complexity index is 903. The monoisotopic (exact) mass is 416 g/mol. The van der Waals surface area contributed by atoms with Gasteiger partial charge in [-0.1, -0.05) is 17.8 Å². The van der Waals surface area contributed by atoms with E-state index in [0.717, 1.165) is 44.0 Å². The summed E-state index contributed by atoms with van der Waals surface area (Å²) in [6.07, 6.45) is 1.71. The van der Waals surface area contributed by atoms with Crippen molar-refractivity contribution in [3.8, 4) is 11.3 Å². The first-order valence-corrected chi connectivity index (χ1v) is 11.0. The molecule has 3 aromatic rings. The standard InChI is InChI=1S/C20H21FN4OS2/c21-16-5-3-15(4-6-16)18-12-22-20(23-18)28-14-19(26)25-9-7-24(8-10-25)13-17-2-1-11-27-17/h1-6,11-12H,7-10,13-14H2,(H,22,23). The van der Waals surface area contributed by atoms with Crippen LogP contribution in [-0.2, 0) is 11.3 Å². The molecule has 28 heavy (non-hydrogen) atoms. The number of carbonyl (C=O) groups excluding carboxylic acids is 1. The summed E-state index contributed by atoms with van der Waals surface area (Å²) in [7, 11) is 0. The minimum absolute atomic E-state index is 0.139. The largest absolute Gasteiger partial charge is 0.339 e. The number of halogens is 1. The third-order valence-corrected chi connectivity index (χ3v) is 6.46. The summed E-state index contributed by atoms with van der Waals surface area (Å²) in [6, 6.07) is 10.5. The molecule has 1 amide bonds. The minimum Gasteiger partial charge on any atom is -0.339 e. The van der Waals surface area contributed by atoms with Gasteiger partial charge in [0.15, 0.2) is 5.16 Å². The van der Waals surface area contributed by atoms with E-state index < -0.39 is 0 Å². The molecule has 1 fully saturated rings. The average molecular weight is 417 g/mol. The maximum Gasteiger partial charge on any atom is 0.233 e. The minimum atomic E-state index is -0.265. The lowest BCUT2D eigenvalue weighted by Crippen LogP contribution is -2.48. The zero-order valence-corrected chi connectivity index (χ0v) is 16.9. The lowest BCUT2D eigenvalue weighted by molar-refractivity contribution is -0.130. The number of amides is 1. The SMILES string of the molecule is O=C(CSc1ncc(-c2ccc(F)cc2)[nH]1)N1CCN(Cc2cccs2)CC1. The quantitative estimate of drug-likeness (QED) is 0.623. The summed E-state index contributed by atoms with van der Waals surface area (Å²) in [6.45, 7) is 4.31. The van der Waals surface area contributed by atoms with Crippen LogP contribution >= 0.6 is 23.1 Å². The van der Waals surface area contributed by atoms with Crippen molar-refractivity contribution in [2.75, 3.05) is 31.9 Å². The van der Waals surface area contributed by atoms with Gasteiger partial charge < -0.3 is 9.88 Å². The Balaban J connectivity index is 1.24. The highest BCUT2D eigenvalue weighted by atomic mass is 32.2. The number of benzene rings is 1. The van der Waals surface area contributed by atoms with Crippen LogP contribution in [0.5, 0.6) is 0 Å². The number of H-pyrrole nitrogens is 1. The average Bonchev–Trinajstić information content (AvgIpc) is 3.39. The van der Waals surface area contributed by atoms with Gasteiger partial charge in [0, 0.05) is 37.6 Å². The van der Waals surface area contributed by atoms with Crippen LogP contribution in [0.25, 0.3) is 11.3 Å². The predicted octanol–water partition coefficient (Wildman–Crippen LogP) is 3.71. The molecule has 2 aromatic heterocycles. The number of carbonyl (C=O) groups is 1. The van der Waals surface area contributed by atoms with E-state index in [-0.39, 0.29) is 11.7 Å². The number of piperazine rings is 1. The number of hydrogen-bond acceptors (Lipinski definition) is 5. The van der Waals surface area contributed by atoms with Crippen molar-refractivity contribution in [3.05, 3.63) is 58.7 Å². The first-order valence-electron chi connectivity index (χ1n) is 9.13. The van der Waals surface area contributed by atoms with Crippen LogP contribution in [0.1, 0.15) is 4.88 Å². The van der Waals surface area contributed by atoms with Crippen LogP contribution in [0.15, 0.2) is 53.1 Å². The van der Waals surface area contributed by atoms with E-state index in [1.807, 2.05) is 4.90 Å². The molecule has 3 heterocycles. The number of nitrogens with zero attached hydrogens (tertiary/aromatic N) is 3. The fraction of sp³-hybridized carbons (Fsp3) is 0.300. The van der Waals surface area contributed by atoms with Crippen molar-refractivity contribution in [1.29, 1.82) is 0 Å². The second-order valence-corrected chi connectivity index (χ2v) is 8.63. The fourth-order valence-corrected chi connectivity index (χ4v) is 4.65. The van der Waals surface area contributed by atoms with E-state index in [2.05, 4.69) is 32.4 Å². The highest BCUT2D eigenvalue weighted by Crippen LogP contribution is 2.22. The predicted molar refractivity (Wildman–Crippen MR) is 111 cm³/mol. The Labute approximate surface area is 171 Å². The molecule has 0 bridgehead atoms. The Morgan fingerprint density at radius 1 is 1.18 bits per heavy atom.